The van der Waals surface area contributed by atoms with Crippen molar-refractivity contribution in [3.8, 4) is 0 Å². The molecule has 2 rings (SSSR count). The molecule has 19 heavy (non-hydrogen) atoms. The first-order valence-electron chi connectivity index (χ1n) is 6.42. The number of nitrogens with zero attached hydrogens (tertiary/aromatic N) is 2. The first-order valence-corrected chi connectivity index (χ1v) is 7.21. The van der Waals surface area contributed by atoms with Crippen LogP contribution in [-0.4, -0.2) is 41.6 Å². The zero-order valence-corrected chi connectivity index (χ0v) is 12.5. The van der Waals surface area contributed by atoms with Gasteiger partial charge in [0.2, 0.25) is 5.91 Å². The third kappa shape index (κ3) is 3.45. The Labute approximate surface area is 120 Å². The molecule has 0 radical (unpaired) electrons. The summed E-state index contributed by atoms with van der Waals surface area (Å²) in [4.78, 5) is 25.9. The van der Waals surface area contributed by atoms with Crippen LogP contribution in [0.2, 0.25) is 0 Å². The van der Waals surface area contributed by atoms with Gasteiger partial charge in [0.15, 0.2) is 0 Å². The maximum absolute atomic E-state index is 12.3. The fraction of sp³-hybridized carbons (Fsp3) is 0.538. The van der Waals surface area contributed by atoms with Gasteiger partial charge in [-0.1, -0.05) is 0 Å². The zero-order valence-electron chi connectivity index (χ0n) is 10.9. The van der Waals surface area contributed by atoms with E-state index in [1.807, 2.05) is 11.9 Å². The molecule has 2 heterocycles. The minimum Gasteiger partial charge on any atom is -0.337 e. The summed E-state index contributed by atoms with van der Waals surface area (Å²) in [6, 6.07) is 3.40. The fourth-order valence-corrected chi connectivity index (χ4v) is 2.85. The monoisotopic (exact) mass is 327 g/mol. The van der Waals surface area contributed by atoms with Gasteiger partial charge in [0, 0.05) is 35.9 Å². The minimum absolute atomic E-state index is 0.0120. The lowest BCUT2D eigenvalue weighted by Crippen LogP contribution is -2.43. The van der Waals surface area contributed by atoms with Gasteiger partial charge in [-0.05, 0) is 41.9 Å². The van der Waals surface area contributed by atoms with Crippen molar-refractivity contribution in [1.29, 1.82) is 0 Å². The number of pyridine rings is 1. The molecule has 1 fully saturated rings. The normalized spacial score (nSPS) is 18.8. The molecule has 1 aromatic rings. The Bertz CT molecular complexity index is 515. The van der Waals surface area contributed by atoms with Crippen LogP contribution in [0.5, 0.6) is 0 Å². The Kier molecular flexibility index (Phi) is 4.76. The molecule has 0 aliphatic carbocycles. The van der Waals surface area contributed by atoms with Crippen LogP contribution < -0.4 is 10.9 Å². The van der Waals surface area contributed by atoms with Crippen molar-refractivity contribution in [3.63, 3.8) is 0 Å². The standard InChI is InChI=1S/C13H18BrN3O2/c1-15-7-11-3-2-6-17(11)13(19)9-16-8-10(14)4-5-12(16)18/h4-5,8,11,15H,2-3,6-7,9H2,1H3. The molecule has 0 aromatic carbocycles. The number of aromatic nitrogens is 1. The van der Waals surface area contributed by atoms with Gasteiger partial charge >= 0.3 is 0 Å². The largest absolute Gasteiger partial charge is 0.337 e. The Morgan fingerprint density at radius 3 is 3.05 bits per heavy atom. The lowest BCUT2D eigenvalue weighted by Gasteiger charge is -2.24. The average molecular weight is 328 g/mol. The highest BCUT2D eigenvalue weighted by molar-refractivity contribution is 9.10. The van der Waals surface area contributed by atoms with E-state index >= 15 is 0 Å². The first kappa shape index (κ1) is 14.3. The number of rotatable bonds is 4. The molecule has 1 atom stereocenters. The van der Waals surface area contributed by atoms with Crippen molar-refractivity contribution in [2.45, 2.75) is 25.4 Å². The molecule has 104 valence electrons. The average Bonchev–Trinajstić information content (AvgIpc) is 2.82. The lowest BCUT2D eigenvalue weighted by atomic mass is 10.2. The second-order valence-corrected chi connectivity index (χ2v) is 5.67. The highest BCUT2D eigenvalue weighted by atomic mass is 79.9. The van der Waals surface area contributed by atoms with E-state index in [1.165, 1.54) is 10.6 Å². The van der Waals surface area contributed by atoms with Gasteiger partial charge in [-0.25, -0.2) is 0 Å². The molecule has 5 nitrogen and oxygen atoms in total. The molecule has 0 saturated carbocycles. The smallest absolute Gasteiger partial charge is 0.251 e. The van der Waals surface area contributed by atoms with E-state index in [0.717, 1.165) is 30.4 Å². The number of hydrogen-bond acceptors (Lipinski definition) is 3. The number of carbonyl (C=O) groups excluding carboxylic acids is 1. The highest BCUT2D eigenvalue weighted by Gasteiger charge is 2.28. The Morgan fingerprint density at radius 1 is 1.53 bits per heavy atom. The SMILES string of the molecule is CNCC1CCCN1C(=O)Cn1cc(Br)ccc1=O. The summed E-state index contributed by atoms with van der Waals surface area (Å²) >= 11 is 3.31. The zero-order chi connectivity index (χ0) is 13.8. The van der Waals surface area contributed by atoms with E-state index < -0.39 is 0 Å². The molecule has 0 bridgehead atoms. The first-order chi connectivity index (χ1) is 9.11. The summed E-state index contributed by atoms with van der Waals surface area (Å²) in [7, 11) is 1.89. The van der Waals surface area contributed by atoms with E-state index in [1.54, 1.807) is 12.3 Å². The van der Waals surface area contributed by atoms with Gasteiger partial charge in [0.25, 0.3) is 5.56 Å². The van der Waals surface area contributed by atoms with Crippen molar-refractivity contribution in [1.82, 2.24) is 14.8 Å². The number of likely N-dealkylation sites (tertiary alicyclic amines) is 1. The molecule has 1 aromatic heterocycles. The summed E-state index contributed by atoms with van der Waals surface area (Å²) in [5.74, 6) is 0.0120. The third-order valence-electron chi connectivity index (χ3n) is 3.39. The molecule has 1 saturated heterocycles. The Balaban J connectivity index is 2.08. The lowest BCUT2D eigenvalue weighted by molar-refractivity contribution is -0.132. The van der Waals surface area contributed by atoms with Crippen LogP contribution in [0.3, 0.4) is 0 Å². The fourth-order valence-electron chi connectivity index (χ4n) is 2.47. The summed E-state index contributed by atoms with van der Waals surface area (Å²) in [6.45, 7) is 1.70. The predicted octanol–water partition coefficient (Wildman–Crippen LogP) is 0.821. The van der Waals surface area contributed by atoms with Crippen molar-refractivity contribution in [2.24, 2.45) is 0 Å². The molecule has 0 spiro atoms. The summed E-state index contributed by atoms with van der Waals surface area (Å²) in [5.41, 5.74) is -0.152. The van der Waals surface area contributed by atoms with Crippen LogP contribution >= 0.6 is 15.9 Å². The topological polar surface area (TPSA) is 54.3 Å². The third-order valence-corrected chi connectivity index (χ3v) is 3.86. The number of hydrogen-bond donors (Lipinski definition) is 1. The van der Waals surface area contributed by atoms with Crippen LogP contribution in [0.25, 0.3) is 0 Å². The number of amides is 1. The quantitative estimate of drug-likeness (QED) is 0.890. The number of likely N-dealkylation sites (N-methyl/N-ethyl adjacent to an activating group) is 1. The van der Waals surface area contributed by atoms with Crippen LogP contribution in [-0.2, 0) is 11.3 Å². The second kappa shape index (κ2) is 6.34. The van der Waals surface area contributed by atoms with Gasteiger partial charge < -0.3 is 14.8 Å². The Morgan fingerprint density at radius 2 is 2.32 bits per heavy atom. The van der Waals surface area contributed by atoms with Gasteiger partial charge in [0.05, 0.1) is 0 Å². The summed E-state index contributed by atoms with van der Waals surface area (Å²) < 4.78 is 2.24. The Hall–Kier alpha value is -1.14. The van der Waals surface area contributed by atoms with E-state index in [4.69, 9.17) is 0 Å². The number of nitrogens with one attached hydrogen (secondary N) is 1. The van der Waals surface area contributed by atoms with Crippen LogP contribution in [0.4, 0.5) is 0 Å². The van der Waals surface area contributed by atoms with Crippen molar-refractivity contribution in [3.05, 3.63) is 33.2 Å². The molecule has 1 N–H and O–H groups in total. The van der Waals surface area contributed by atoms with Crippen molar-refractivity contribution >= 4 is 21.8 Å². The van der Waals surface area contributed by atoms with Crippen molar-refractivity contribution < 1.29 is 4.79 Å². The van der Waals surface area contributed by atoms with Crippen LogP contribution in [0.15, 0.2) is 27.6 Å². The molecule has 1 unspecified atom stereocenters. The highest BCUT2D eigenvalue weighted by Crippen LogP contribution is 2.17. The number of halogens is 1. The van der Waals surface area contributed by atoms with E-state index in [9.17, 15) is 9.59 Å². The number of carbonyl (C=O) groups is 1. The molecule has 1 aliphatic rings. The maximum atomic E-state index is 12.3. The van der Waals surface area contributed by atoms with Gasteiger partial charge in [-0.3, -0.25) is 9.59 Å². The van der Waals surface area contributed by atoms with E-state index in [-0.39, 0.29) is 24.1 Å². The van der Waals surface area contributed by atoms with Gasteiger partial charge in [0.1, 0.15) is 6.54 Å². The maximum Gasteiger partial charge on any atom is 0.251 e. The van der Waals surface area contributed by atoms with E-state index in [2.05, 4.69) is 21.2 Å². The van der Waals surface area contributed by atoms with Crippen LogP contribution in [0.1, 0.15) is 12.8 Å². The molecular weight excluding hydrogens is 310 g/mol. The summed E-state index contributed by atoms with van der Waals surface area (Å²) in [6.07, 6.45) is 3.72. The van der Waals surface area contributed by atoms with Gasteiger partial charge in [-0.15, -0.1) is 0 Å². The van der Waals surface area contributed by atoms with Crippen molar-refractivity contribution in [2.75, 3.05) is 20.1 Å². The molecule has 6 heteroatoms. The predicted molar refractivity (Wildman–Crippen MR) is 77.1 cm³/mol. The second-order valence-electron chi connectivity index (χ2n) is 4.75. The molecule has 1 amide bonds. The minimum atomic E-state index is -0.152. The van der Waals surface area contributed by atoms with Gasteiger partial charge in [-0.2, -0.15) is 0 Å². The van der Waals surface area contributed by atoms with Crippen LogP contribution in [0, 0.1) is 0 Å². The summed E-state index contributed by atoms with van der Waals surface area (Å²) in [5, 5.41) is 3.11. The molecule has 1 aliphatic heterocycles. The molecular formula is C13H18BrN3O2. The van der Waals surface area contributed by atoms with E-state index in [0.29, 0.717) is 0 Å².